The van der Waals surface area contributed by atoms with Crippen molar-refractivity contribution in [3.63, 3.8) is 0 Å². The highest BCUT2D eigenvalue weighted by molar-refractivity contribution is 5.14. The minimum Gasteiger partial charge on any atom is -0.388 e. The van der Waals surface area contributed by atoms with Gasteiger partial charge in [-0.1, -0.05) is 55.2 Å². The van der Waals surface area contributed by atoms with Crippen LogP contribution in [0.25, 0.3) is 0 Å². The molecule has 1 saturated heterocycles. The second kappa shape index (κ2) is 10.7. The smallest absolute Gasteiger partial charge is 0.0880 e. The number of rotatable bonds is 8. The van der Waals surface area contributed by atoms with Gasteiger partial charge in [-0.05, 0) is 57.7 Å². The van der Waals surface area contributed by atoms with E-state index in [2.05, 4.69) is 56.1 Å². The van der Waals surface area contributed by atoms with E-state index in [4.69, 9.17) is 4.74 Å². The lowest BCUT2D eigenvalue weighted by Crippen LogP contribution is -2.45. The summed E-state index contributed by atoms with van der Waals surface area (Å²) in [6, 6.07) is 10.4. The minimum atomic E-state index is -0.741. The topological polar surface area (TPSA) is 41.5 Å². The Kier molecular flexibility index (Phi) is 8.57. The van der Waals surface area contributed by atoms with E-state index in [-0.39, 0.29) is 18.1 Å². The van der Waals surface area contributed by atoms with Crippen LogP contribution in [-0.2, 0) is 11.3 Å². The Morgan fingerprint density at radius 2 is 2.11 bits per heavy atom. The third-order valence-electron chi connectivity index (χ3n) is 5.38. The van der Waals surface area contributed by atoms with E-state index in [9.17, 15) is 5.11 Å². The Labute approximate surface area is 165 Å². The molecule has 3 nitrogen and oxygen atoms in total. The van der Waals surface area contributed by atoms with Gasteiger partial charge < -0.3 is 15.2 Å². The summed E-state index contributed by atoms with van der Waals surface area (Å²) in [5.74, 6) is 6.76. The Morgan fingerprint density at radius 3 is 2.78 bits per heavy atom. The summed E-state index contributed by atoms with van der Waals surface area (Å²) in [7, 11) is 0. The molecule has 2 rings (SSSR count). The van der Waals surface area contributed by atoms with Crippen molar-refractivity contribution in [2.45, 2.75) is 77.7 Å². The van der Waals surface area contributed by atoms with Crippen molar-refractivity contribution in [1.82, 2.24) is 5.32 Å². The molecular weight excluding hydrogens is 334 g/mol. The van der Waals surface area contributed by atoms with E-state index in [1.165, 1.54) is 11.1 Å². The van der Waals surface area contributed by atoms with Gasteiger partial charge in [0, 0.05) is 18.4 Å². The molecule has 148 valence electrons. The van der Waals surface area contributed by atoms with Crippen LogP contribution in [-0.4, -0.2) is 29.4 Å². The Morgan fingerprint density at radius 1 is 1.37 bits per heavy atom. The van der Waals surface area contributed by atoms with Gasteiger partial charge in [0.2, 0.25) is 0 Å². The van der Waals surface area contributed by atoms with Crippen LogP contribution in [0.1, 0.15) is 58.9 Å². The van der Waals surface area contributed by atoms with Crippen LogP contribution in [0, 0.1) is 17.8 Å². The lowest BCUT2D eigenvalue weighted by atomic mass is 9.91. The SMILES string of the molecule is C/C(=C\C[C@@H](C)C#CC[C@](C)(O)[C@@H]1CCCN1)[C@H](C)OCc1ccccc1. The number of allylic oxidation sites excluding steroid dienone is 1. The van der Waals surface area contributed by atoms with Crippen LogP contribution >= 0.6 is 0 Å². The first-order valence-corrected chi connectivity index (χ1v) is 10.1. The molecule has 1 aliphatic heterocycles. The molecular formula is C24H35NO2. The first-order chi connectivity index (χ1) is 12.9. The maximum absolute atomic E-state index is 10.6. The van der Waals surface area contributed by atoms with Crippen LogP contribution in [0.5, 0.6) is 0 Å². The quantitative estimate of drug-likeness (QED) is 0.525. The third kappa shape index (κ3) is 7.50. The van der Waals surface area contributed by atoms with Crippen molar-refractivity contribution in [1.29, 1.82) is 0 Å². The molecule has 27 heavy (non-hydrogen) atoms. The Bertz CT molecular complexity index is 648. The molecule has 3 heteroatoms. The van der Waals surface area contributed by atoms with Crippen molar-refractivity contribution in [3.05, 3.63) is 47.5 Å². The van der Waals surface area contributed by atoms with Crippen molar-refractivity contribution < 1.29 is 9.84 Å². The number of aliphatic hydroxyl groups is 1. The molecule has 0 bridgehead atoms. The Hall–Kier alpha value is -1.60. The first-order valence-electron chi connectivity index (χ1n) is 10.1. The molecule has 0 aromatic heterocycles. The van der Waals surface area contributed by atoms with Gasteiger partial charge in [0.15, 0.2) is 0 Å². The van der Waals surface area contributed by atoms with E-state index in [1.54, 1.807) is 0 Å². The van der Waals surface area contributed by atoms with Gasteiger partial charge in [-0.25, -0.2) is 0 Å². The van der Waals surface area contributed by atoms with Crippen molar-refractivity contribution in [2.75, 3.05) is 6.54 Å². The van der Waals surface area contributed by atoms with E-state index < -0.39 is 5.60 Å². The maximum Gasteiger partial charge on any atom is 0.0880 e. The predicted molar refractivity (Wildman–Crippen MR) is 112 cm³/mol. The van der Waals surface area contributed by atoms with E-state index in [1.807, 2.05) is 25.1 Å². The molecule has 0 amide bonds. The lowest BCUT2D eigenvalue weighted by molar-refractivity contribution is 0.0308. The fourth-order valence-electron chi connectivity index (χ4n) is 3.26. The fourth-order valence-corrected chi connectivity index (χ4v) is 3.26. The number of nitrogens with one attached hydrogen (secondary N) is 1. The van der Waals surface area contributed by atoms with Crippen LogP contribution in [0.3, 0.4) is 0 Å². The zero-order valence-corrected chi connectivity index (χ0v) is 17.3. The van der Waals surface area contributed by atoms with Crippen LogP contribution in [0.2, 0.25) is 0 Å². The molecule has 1 heterocycles. The summed E-state index contributed by atoms with van der Waals surface area (Å²) in [6.45, 7) is 9.87. The number of hydrogen-bond acceptors (Lipinski definition) is 3. The minimum absolute atomic E-state index is 0.0968. The first kappa shape index (κ1) is 21.7. The second-order valence-corrected chi connectivity index (χ2v) is 8.03. The monoisotopic (exact) mass is 369 g/mol. The highest BCUT2D eigenvalue weighted by Gasteiger charge is 2.32. The van der Waals surface area contributed by atoms with Crippen molar-refractivity contribution in [3.8, 4) is 11.8 Å². The van der Waals surface area contributed by atoms with Gasteiger partial charge in [-0.2, -0.15) is 0 Å². The third-order valence-corrected chi connectivity index (χ3v) is 5.38. The highest BCUT2D eigenvalue weighted by atomic mass is 16.5. The van der Waals surface area contributed by atoms with Crippen LogP contribution in [0.15, 0.2) is 42.0 Å². The second-order valence-electron chi connectivity index (χ2n) is 8.03. The zero-order valence-electron chi connectivity index (χ0n) is 17.3. The molecule has 2 N–H and O–H groups in total. The fraction of sp³-hybridized carbons (Fsp3) is 0.583. The summed E-state index contributed by atoms with van der Waals surface area (Å²) in [6.07, 6.45) is 5.92. The molecule has 0 unspecified atom stereocenters. The molecule has 0 radical (unpaired) electrons. The molecule has 0 aliphatic carbocycles. The van der Waals surface area contributed by atoms with Crippen LogP contribution in [0.4, 0.5) is 0 Å². The standard InChI is InChI=1S/C24H35NO2/c1-19(10-8-16-24(4,26)23-13-9-17-25-23)14-15-20(2)21(3)27-18-22-11-6-5-7-12-22/h5-7,11-12,15,19,21,23,25-26H,9,13-14,16-18H2,1-4H3/b20-15+/t19-,21-,23-,24-/m0/s1. The summed E-state index contributed by atoms with van der Waals surface area (Å²) < 4.78 is 5.96. The van der Waals surface area contributed by atoms with Gasteiger partial charge in [-0.3, -0.25) is 0 Å². The van der Waals surface area contributed by atoms with E-state index in [0.29, 0.717) is 13.0 Å². The number of hydrogen-bond donors (Lipinski definition) is 2. The van der Waals surface area contributed by atoms with Gasteiger partial charge in [0.25, 0.3) is 0 Å². The lowest BCUT2D eigenvalue weighted by Gasteiger charge is -2.28. The Balaban J connectivity index is 1.75. The van der Waals surface area contributed by atoms with Gasteiger partial charge in [0.05, 0.1) is 18.3 Å². The number of benzene rings is 1. The van der Waals surface area contributed by atoms with E-state index >= 15 is 0 Å². The molecule has 0 spiro atoms. The molecule has 4 atom stereocenters. The molecule has 1 aromatic carbocycles. The maximum atomic E-state index is 10.6. The highest BCUT2D eigenvalue weighted by Crippen LogP contribution is 2.22. The van der Waals surface area contributed by atoms with E-state index in [0.717, 1.165) is 25.8 Å². The van der Waals surface area contributed by atoms with Crippen LogP contribution < -0.4 is 5.32 Å². The van der Waals surface area contributed by atoms with Gasteiger partial charge in [-0.15, -0.1) is 0 Å². The zero-order chi connectivity index (χ0) is 19.7. The molecule has 0 saturated carbocycles. The van der Waals surface area contributed by atoms with Gasteiger partial charge in [0.1, 0.15) is 0 Å². The summed E-state index contributed by atoms with van der Waals surface area (Å²) in [5, 5.41) is 13.9. The molecule has 1 aromatic rings. The summed E-state index contributed by atoms with van der Waals surface area (Å²) >= 11 is 0. The van der Waals surface area contributed by atoms with Gasteiger partial charge >= 0.3 is 0 Å². The largest absolute Gasteiger partial charge is 0.388 e. The average molecular weight is 370 g/mol. The predicted octanol–water partition coefficient (Wildman–Crippen LogP) is 4.46. The molecule has 1 fully saturated rings. The normalized spacial score (nSPS) is 21.8. The van der Waals surface area contributed by atoms with Crippen molar-refractivity contribution in [2.24, 2.45) is 5.92 Å². The molecule has 1 aliphatic rings. The number of ether oxygens (including phenoxy) is 1. The average Bonchev–Trinajstić information content (AvgIpc) is 3.20. The summed E-state index contributed by atoms with van der Waals surface area (Å²) in [4.78, 5) is 0. The van der Waals surface area contributed by atoms with Crippen molar-refractivity contribution >= 4 is 0 Å². The summed E-state index contributed by atoms with van der Waals surface area (Å²) in [5.41, 5.74) is 1.69.